The molecule has 0 unspecified atom stereocenters. The lowest BCUT2D eigenvalue weighted by Crippen LogP contribution is -2.12. The molecule has 0 saturated heterocycles. The van der Waals surface area contributed by atoms with Gasteiger partial charge in [0, 0.05) is 17.1 Å². The summed E-state index contributed by atoms with van der Waals surface area (Å²) in [4.78, 5) is 23.7. The van der Waals surface area contributed by atoms with E-state index in [-0.39, 0.29) is 11.9 Å². The summed E-state index contributed by atoms with van der Waals surface area (Å²) in [5.41, 5.74) is 2.06. The average Bonchev–Trinajstić information content (AvgIpc) is 2.59. The standard InChI is InChI=1S/C19H20ClNO3/c1-2-13-24-19(23)15-7-10-16(11-8-15)21-18(22)12-9-14-5-3-4-6-17(14)20/h3-8,10-11H,2,9,12-13H2,1H3,(H,21,22). The van der Waals surface area contributed by atoms with Crippen LogP contribution in [0.1, 0.15) is 35.7 Å². The largest absolute Gasteiger partial charge is 0.462 e. The Morgan fingerprint density at radius 1 is 1.08 bits per heavy atom. The summed E-state index contributed by atoms with van der Waals surface area (Å²) in [6, 6.07) is 14.1. The zero-order valence-corrected chi connectivity index (χ0v) is 14.3. The number of halogens is 1. The first-order valence-electron chi connectivity index (χ1n) is 7.90. The lowest BCUT2D eigenvalue weighted by molar-refractivity contribution is -0.116. The fourth-order valence-corrected chi connectivity index (χ4v) is 2.37. The van der Waals surface area contributed by atoms with E-state index < -0.39 is 0 Å². The molecule has 4 nitrogen and oxygen atoms in total. The van der Waals surface area contributed by atoms with Crippen molar-refractivity contribution < 1.29 is 14.3 Å². The van der Waals surface area contributed by atoms with E-state index in [2.05, 4.69) is 5.32 Å². The van der Waals surface area contributed by atoms with E-state index >= 15 is 0 Å². The molecule has 0 saturated carbocycles. The number of ether oxygens (including phenoxy) is 1. The molecular weight excluding hydrogens is 326 g/mol. The second-order valence-corrected chi connectivity index (χ2v) is 5.76. The smallest absolute Gasteiger partial charge is 0.338 e. The van der Waals surface area contributed by atoms with Gasteiger partial charge in [-0.15, -0.1) is 0 Å². The van der Waals surface area contributed by atoms with Gasteiger partial charge in [-0.25, -0.2) is 4.79 Å². The number of aryl methyl sites for hydroxylation is 1. The highest BCUT2D eigenvalue weighted by molar-refractivity contribution is 6.31. The van der Waals surface area contributed by atoms with Gasteiger partial charge >= 0.3 is 5.97 Å². The Hall–Kier alpha value is -2.33. The van der Waals surface area contributed by atoms with Gasteiger partial charge in [-0.05, 0) is 48.7 Å². The molecule has 0 aliphatic rings. The molecule has 5 heteroatoms. The average molecular weight is 346 g/mol. The first-order valence-corrected chi connectivity index (χ1v) is 8.28. The lowest BCUT2D eigenvalue weighted by Gasteiger charge is -2.07. The summed E-state index contributed by atoms with van der Waals surface area (Å²) in [7, 11) is 0. The molecule has 0 bridgehead atoms. The third-order valence-electron chi connectivity index (χ3n) is 3.42. The van der Waals surface area contributed by atoms with Crippen LogP contribution in [-0.2, 0) is 16.0 Å². The van der Waals surface area contributed by atoms with Crippen LogP contribution in [0.3, 0.4) is 0 Å². The van der Waals surface area contributed by atoms with Gasteiger partial charge in [0.05, 0.1) is 12.2 Å². The van der Waals surface area contributed by atoms with E-state index in [1.54, 1.807) is 24.3 Å². The third-order valence-corrected chi connectivity index (χ3v) is 3.79. The van der Waals surface area contributed by atoms with Gasteiger partial charge in [0.1, 0.15) is 0 Å². The van der Waals surface area contributed by atoms with Gasteiger partial charge in [0.25, 0.3) is 0 Å². The Morgan fingerprint density at radius 3 is 2.46 bits per heavy atom. The van der Waals surface area contributed by atoms with Crippen molar-refractivity contribution in [1.82, 2.24) is 0 Å². The monoisotopic (exact) mass is 345 g/mol. The van der Waals surface area contributed by atoms with E-state index in [9.17, 15) is 9.59 Å². The summed E-state index contributed by atoms with van der Waals surface area (Å²) >= 11 is 6.08. The summed E-state index contributed by atoms with van der Waals surface area (Å²) in [6.07, 6.45) is 1.70. The summed E-state index contributed by atoms with van der Waals surface area (Å²) in [6.45, 7) is 2.34. The molecular formula is C19H20ClNO3. The molecule has 0 radical (unpaired) electrons. The van der Waals surface area contributed by atoms with Crippen molar-refractivity contribution in [3.8, 4) is 0 Å². The number of nitrogens with one attached hydrogen (secondary N) is 1. The SMILES string of the molecule is CCCOC(=O)c1ccc(NC(=O)CCc2ccccc2Cl)cc1. The molecule has 0 aromatic heterocycles. The predicted molar refractivity (Wildman–Crippen MR) is 95.4 cm³/mol. The van der Waals surface area contributed by atoms with Crippen molar-refractivity contribution in [3.63, 3.8) is 0 Å². The number of rotatable bonds is 7. The quantitative estimate of drug-likeness (QED) is 0.753. The van der Waals surface area contributed by atoms with E-state index in [1.165, 1.54) is 0 Å². The molecule has 1 amide bonds. The van der Waals surface area contributed by atoms with Crippen LogP contribution >= 0.6 is 11.6 Å². The predicted octanol–water partition coefficient (Wildman–Crippen LogP) is 4.48. The van der Waals surface area contributed by atoms with Crippen LogP contribution in [0.15, 0.2) is 48.5 Å². The molecule has 2 rings (SSSR count). The molecule has 126 valence electrons. The van der Waals surface area contributed by atoms with Gasteiger partial charge in [-0.1, -0.05) is 36.7 Å². The van der Waals surface area contributed by atoms with Crippen LogP contribution in [0.4, 0.5) is 5.69 Å². The maximum Gasteiger partial charge on any atom is 0.338 e. The minimum absolute atomic E-state index is 0.101. The van der Waals surface area contributed by atoms with Crippen LogP contribution < -0.4 is 5.32 Å². The summed E-state index contributed by atoms with van der Waals surface area (Å²) in [5, 5.41) is 3.47. The molecule has 0 atom stereocenters. The molecule has 2 aromatic rings. The number of esters is 1. The fourth-order valence-electron chi connectivity index (χ4n) is 2.14. The Kier molecular flexibility index (Phi) is 6.82. The van der Waals surface area contributed by atoms with Crippen LogP contribution in [-0.4, -0.2) is 18.5 Å². The maximum atomic E-state index is 12.0. The maximum absolute atomic E-state index is 12.0. The number of hydrogen-bond donors (Lipinski definition) is 1. The second-order valence-electron chi connectivity index (χ2n) is 5.35. The first-order chi connectivity index (χ1) is 11.6. The third kappa shape index (κ3) is 5.39. The van der Waals surface area contributed by atoms with Gasteiger partial charge in [0.15, 0.2) is 0 Å². The second kappa shape index (κ2) is 9.08. The normalized spacial score (nSPS) is 10.2. The highest BCUT2D eigenvalue weighted by Crippen LogP contribution is 2.17. The lowest BCUT2D eigenvalue weighted by atomic mass is 10.1. The number of benzene rings is 2. The van der Waals surface area contributed by atoms with Crippen molar-refractivity contribution in [3.05, 3.63) is 64.7 Å². The van der Waals surface area contributed by atoms with E-state index in [4.69, 9.17) is 16.3 Å². The van der Waals surface area contributed by atoms with E-state index in [0.29, 0.717) is 35.7 Å². The van der Waals surface area contributed by atoms with Crippen molar-refractivity contribution in [2.75, 3.05) is 11.9 Å². The number of anilines is 1. The molecule has 24 heavy (non-hydrogen) atoms. The zero-order valence-electron chi connectivity index (χ0n) is 13.5. The van der Waals surface area contributed by atoms with Crippen LogP contribution in [0.2, 0.25) is 5.02 Å². The number of carbonyl (C=O) groups excluding carboxylic acids is 2. The topological polar surface area (TPSA) is 55.4 Å². The Labute approximate surface area is 146 Å². The number of carbonyl (C=O) groups is 2. The van der Waals surface area contributed by atoms with Crippen molar-refractivity contribution in [1.29, 1.82) is 0 Å². The van der Waals surface area contributed by atoms with Gasteiger partial charge in [0.2, 0.25) is 5.91 Å². The van der Waals surface area contributed by atoms with Crippen LogP contribution in [0.25, 0.3) is 0 Å². The highest BCUT2D eigenvalue weighted by atomic mass is 35.5. The summed E-state index contributed by atoms with van der Waals surface area (Å²) in [5.74, 6) is -0.454. The van der Waals surface area contributed by atoms with Crippen molar-refractivity contribution in [2.45, 2.75) is 26.2 Å². The molecule has 0 heterocycles. The van der Waals surface area contributed by atoms with Gasteiger partial charge < -0.3 is 10.1 Å². The van der Waals surface area contributed by atoms with Crippen LogP contribution in [0, 0.1) is 0 Å². The fraction of sp³-hybridized carbons (Fsp3) is 0.263. The Balaban J connectivity index is 1.85. The minimum atomic E-state index is -0.353. The number of amides is 1. The van der Waals surface area contributed by atoms with Crippen molar-refractivity contribution >= 4 is 29.2 Å². The minimum Gasteiger partial charge on any atom is -0.462 e. The highest BCUT2D eigenvalue weighted by Gasteiger charge is 2.08. The molecule has 0 aliphatic heterocycles. The molecule has 0 aliphatic carbocycles. The molecule has 2 aromatic carbocycles. The van der Waals surface area contributed by atoms with E-state index in [1.807, 2.05) is 31.2 Å². The van der Waals surface area contributed by atoms with Crippen molar-refractivity contribution in [2.24, 2.45) is 0 Å². The van der Waals surface area contributed by atoms with Crippen LogP contribution in [0.5, 0.6) is 0 Å². The molecule has 1 N–H and O–H groups in total. The molecule has 0 spiro atoms. The first kappa shape index (κ1) is 18.0. The summed E-state index contributed by atoms with van der Waals surface area (Å²) < 4.78 is 5.06. The Morgan fingerprint density at radius 2 is 1.79 bits per heavy atom. The van der Waals surface area contributed by atoms with E-state index in [0.717, 1.165) is 12.0 Å². The molecule has 0 fully saturated rings. The van der Waals surface area contributed by atoms with Gasteiger partial charge in [-0.3, -0.25) is 4.79 Å². The zero-order chi connectivity index (χ0) is 17.4. The number of hydrogen-bond acceptors (Lipinski definition) is 3. The van der Waals surface area contributed by atoms with Gasteiger partial charge in [-0.2, -0.15) is 0 Å². The Bertz CT molecular complexity index is 698.